The first-order valence-electron chi connectivity index (χ1n) is 5.67. The maximum absolute atomic E-state index is 13.0. The number of nitrogens with two attached hydrogens (primary N) is 1. The van der Waals surface area contributed by atoms with E-state index in [9.17, 15) is 13.6 Å². The van der Waals surface area contributed by atoms with Gasteiger partial charge in [-0.2, -0.15) is 0 Å². The Morgan fingerprint density at radius 1 is 1.40 bits per heavy atom. The molecule has 1 amide bonds. The Labute approximate surface area is 117 Å². The van der Waals surface area contributed by atoms with Gasteiger partial charge in [-0.3, -0.25) is 4.79 Å². The Balaban J connectivity index is 2.04. The highest BCUT2D eigenvalue weighted by atomic mass is 32.1. The number of amides is 1. The SMILES string of the molecule is CNc1nc(N)c(C(=O)NCc2ccc(F)c(F)c2)s1. The molecule has 0 unspecified atom stereocenters. The van der Waals surface area contributed by atoms with E-state index >= 15 is 0 Å². The van der Waals surface area contributed by atoms with Gasteiger partial charge in [0, 0.05) is 13.6 Å². The number of nitrogen functional groups attached to an aromatic ring is 1. The number of halogens is 2. The highest BCUT2D eigenvalue weighted by Crippen LogP contribution is 2.24. The van der Waals surface area contributed by atoms with Crippen LogP contribution in [0.5, 0.6) is 0 Å². The number of nitrogens with zero attached hydrogens (tertiary/aromatic N) is 1. The van der Waals surface area contributed by atoms with Crippen molar-refractivity contribution in [1.29, 1.82) is 0 Å². The summed E-state index contributed by atoms with van der Waals surface area (Å²) in [5.41, 5.74) is 6.07. The summed E-state index contributed by atoms with van der Waals surface area (Å²) in [6, 6.07) is 3.44. The topological polar surface area (TPSA) is 80.0 Å². The molecule has 0 fully saturated rings. The molecule has 0 spiro atoms. The summed E-state index contributed by atoms with van der Waals surface area (Å²) in [5.74, 6) is -2.16. The van der Waals surface area contributed by atoms with Gasteiger partial charge in [-0.25, -0.2) is 13.8 Å². The molecule has 2 rings (SSSR count). The lowest BCUT2D eigenvalue weighted by Gasteiger charge is -2.04. The molecule has 0 saturated carbocycles. The predicted molar refractivity (Wildman–Crippen MR) is 73.6 cm³/mol. The van der Waals surface area contributed by atoms with Gasteiger partial charge in [0.15, 0.2) is 16.8 Å². The predicted octanol–water partition coefficient (Wildman–Crippen LogP) is 1.98. The quantitative estimate of drug-likeness (QED) is 0.806. The Bertz CT molecular complexity index is 644. The minimum absolute atomic E-state index is 0.0717. The minimum atomic E-state index is -0.952. The molecule has 20 heavy (non-hydrogen) atoms. The van der Waals surface area contributed by atoms with Crippen LogP contribution in [0.4, 0.5) is 19.7 Å². The van der Waals surface area contributed by atoms with E-state index in [2.05, 4.69) is 15.6 Å². The zero-order valence-corrected chi connectivity index (χ0v) is 11.4. The summed E-state index contributed by atoms with van der Waals surface area (Å²) in [7, 11) is 1.67. The molecule has 0 saturated heterocycles. The van der Waals surface area contributed by atoms with E-state index in [1.165, 1.54) is 6.07 Å². The lowest BCUT2D eigenvalue weighted by molar-refractivity contribution is 0.0955. The van der Waals surface area contributed by atoms with E-state index in [0.717, 1.165) is 23.5 Å². The third kappa shape index (κ3) is 3.02. The molecule has 106 valence electrons. The molecule has 0 aliphatic carbocycles. The molecule has 0 aliphatic heterocycles. The summed E-state index contributed by atoms with van der Waals surface area (Å²) in [4.78, 5) is 16.1. The molecule has 4 N–H and O–H groups in total. The molecular weight excluding hydrogens is 286 g/mol. The van der Waals surface area contributed by atoms with E-state index in [0.29, 0.717) is 10.7 Å². The van der Waals surface area contributed by atoms with E-state index in [-0.39, 0.29) is 17.2 Å². The van der Waals surface area contributed by atoms with Crippen molar-refractivity contribution in [3.63, 3.8) is 0 Å². The van der Waals surface area contributed by atoms with Crippen LogP contribution in [0.3, 0.4) is 0 Å². The molecule has 0 atom stereocenters. The maximum atomic E-state index is 13.0. The third-order valence-corrected chi connectivity index (χ3v) is 3.60. The zero-order chi connectivity index (χ0) is 14.7. The number of carbonyl (C=O) groups is 1. The number of nitrogens with one attached hydrogen (secondary N) is 2. The second-order valence-electron chi connectivity index (χ2n) is 3.91. The van der Waals surface area contributed by atoms with Gasteiger partial charge in [0.2, 0.25) is 0 Å². The summed E-state index contributed by atoms with van der Waals surface area (Å²) >= 11 is 1.12. The van der Waals surface area contributed by atoms with Crippen molar-refractivity contribution >= 4 is 28.2 Å². The Morgan fingerprint density at radius 2 is 2.15 bits per heavy atom. The van der Waals surface area contributed by atoms with Gasteiger partial charge in [-0.1, -0.05) is 17.4 Å². The van der Waals surface area contributed by atoms with Crippen molar-refractivity contribution in [1.82, 2.24) is 10.3 Å². The van der Waals surface area contributed by atoms with Crippen molar-refractivity contribution in [2.24, 2.45) is 0 Å². The Morgan fingerprint density at radius 3 is 2.75 bits per heavy atom. The number of carbonyl (C=O) groups excluding carboxylic acids is 1. The van der Waals surface area contributed by atoms with Crippen molar-refractivity contribution < 1.29 is 13.6 Å². The highest BCUT2D eigenvalue weighted by Gasteiger charge is 2.15. The van der Waals surface area contributed by atoms with Crippen LogP contribution in [0, 0.1) is 11.6 Å². The second-order valence-corrected chi connectivity index (χ2v) is 4.91. The van der Waals surface area contributed by atoms with Crippen LogP contribution >= 0.6 is 11.3 Å². The maximum Gasteiger partial charge on any atom is 0.265 e. The first kappa shape index (κ1) is 14.2. The smallest absolute Gasteiger partial charge is 0.265 e. The number of hydrogen-bond acceptors (Lipinski definition) is 5. The van der Waals surface area contributed by atoms with Crippen LogP contribution in [0.1, 0.15) is 15.2 Å². The molecule has 2 aromatic rings. The number of rotatable bonds is 4. The van der Waals surface area contributed by atoms with Crippen molar-refractivity contribution in [3.05, 3.63) is 40.3 Å². The van der Waals surface area contributed by atoms with Crippen molar-refractivity contribution in [2.75, 3.05) is 18.1 Å². The van der Waals surface area contributed by atoms with Crippen LogP contribution in [-0.4, -0.2) is 17.9 Å². The molecule has 0 aliphatic rings. The Kier molecular flexibility index (Phi) is 4.14. The molecular formula is C12H12F2N4OS. The van der Waals surface area contributed by atoms with Crippen LogP contribution < -0.4 is 16.4 Å². The van der Waals surface area contributed by atoms with E-state index < -0.39 is 17.5 Å². The number of thiazole rings is 1. The van der Waals surface area contributed by atoms with Crippen molar-refractivity contribution in [2.45, 2.75) is 6.54 Å². The number of anilines is 2. The summed E-state index contributed by atoms with van der Waals surface area (Å²) in [5, 5.41) is 5.89. The normalized spacial score (nSPS) is 10.3. The van der Waals surface area contributed by atoms with Gasteiger partial charge in [0.25, 0.3) is 5.91 Å². The van der Waals surface area contributed by atoms with Crippen LogP contribution in [0.2, 0.25) is 0 Å². The minimum Gasteiger partial charge on any atom is -0.382 e. The van der Waals surface area contributed by atoms with Crippen LogP contribution in [-0.2, 0) is 6.54 Å². The first-order valence-corrected chi connectivity index (χ1v) is 6.49. The van der Waals surface area contributed by atoms with Crippen molar-refractivity contribution in [3.8, 4) is 0 Å². The molecule has 0 bridgehead atoms. The van der Waals surface area contributed by atoms with Gasteiger partial charge in [0.1, 0.15) is 10.7 Å². The molecule has 8 heteroatoms. The molecule has 1 aromatic carbocycles. The van der Waals surface area contributed by atoms with E-state index in [1.54, 1.807) is 7.05 Å². The average Bonchev–Trinajstić information content (AvgIpc) is 2.81. The zero-order valence-electron chi connectivity index (χ0n) is 10.5. The van der Waals surface area contributed by atoms with Gasteiger partial charge in [-0.05, 0) is 17.7 Å². The first-order chi connectivity index (χ1) is 9.51. The summed E-state index contributed by atoms with van der Waals surface area (Å²) in [6.07, 6.45) is 0. The monoisotopic (exact) mass is 298 g/mol. The van der Waals surface area contributed by atoms with Crippen LogP contribution in [0.25, 0.3) is 0 Å². The van der Waals surface area contributed by atoms with E-state index in [4.69, 9.17) is 5.73 Å². The number of hydrogen-bond donors (Lipinski definition) is 3. The van der Waals surface area contributed by atoms with Crippen LogP contribution in [0.15, 0.2) is 18.2 Å². The standard InChI is InChI=1S/C12H12F2N4OS/c1-16-12-18-10(15)9(20-12)11(19)17-5-6-2-3-7(13)8(14)4-6/h2-4H,5,15H2,1H3,(H,16,18)(H,17,19). The molecule has 0 radical (unpaired) electrons. The van der Waals surface area contributed by atoms with Gasteiger partial charge in [-0.15, -0.1) is 0 Å². The third-order valence-electron chi connectivity index (χ3n) is 2.51. The highest BCUT2D eigenvalue weighted by molar-refractivity contribution is 7.18. The van der Waals surface area contributed by atoms with Gasteiger partial charge >= 0.3 is 0 Å². The largest absolute Gasteiger partial charge is 0.382 e. The fraction of sp³-hybridized carbons (Fsp3) is 0.167. The fourth-order valence-electron chi connectivity index (χ4n) is 1.51. The lowest BCUT2D eigenvalue weighted by atomic mass is 10.2. The molecule has 1 heterocycles. The number of benzene rings is 1. The lowest BCUT2D eigenvalue weighted by Crippen LogP contribution is -2.22. The van der Waals surface area contributed by atoms with Gasteiger partial charge in [0.05, 0.1) is 0 Å². The van der Waals surface area contributed by atoms with E-state index in [1.807, 2.05) is 0 Å². The summed E-state index contributed by atoms with van der Waals surface area (Å²) in [6.45, 7) is 0.0717. The average molecular weight is 298 g/mol. The number of aromatic nitrogens is 1. The van der Waals surface area contributed by atoms with Gasteiger partial charge < -0.3 is 16.4 Å². The Hall–Kier alpha value is -2.22. The second kappa shape index (κ2) is 5.83. The summed E-state index contributed by atoms with van der Waals surface area (Å²) < 4.78 is 25.8. The molecule has 1 aromatic heterocycles. The molecule has 5 nitrogen and oxygen atoms in total. The fourth-order valence-corrected chi connectivity index (χ4v) is 2.27.